The lowest BCUT2D eigenvalue weighted by atomic mass is 9.91. The number of anilines is 1. The van der Waals surface area contributed by atoms with Gasteiger partial charge in [-0.3, -0.25) is 0 Å². The summed E-state index contributed by atoms with van der Waals surface area (Å²) in [5, 5.41) is 12.2. The zero-order valence-electron chi connectivity index (χ0n) is 8.53. The van der Waals surface area contributed by atoms with Crippen molar-refractivity contribution in [1.82, 2.24) is 10.3 Å². The highest BCUT2D eigenvalue weighted by Gasteiger charge is 2.16. The normalized spacial score (nSPS) is 17.3. The van der Waals surface area contributed by atoms with E-state index in [1.54, 1.807) is 6.20 Å². The third-order valence-corrected chi connectivity index (χ3v) is 2.87. The summed E-state index contributed by atoms with van der Waals surface area (Å²) in [5.74, 6) is 0.849. The highest BCUT2D eigenvalue weighted by molar-refractivity contribution is 5.49. The molecule has 1 aliphatic heterocycles. The van der Waals surface area contributed by atoms with Gasteiger partial charge < -0.3 is 11.1 Å². The molecule has 1 fully saturated rings. The van der Waals surface area contributed by atoms with E-state index in [0.717, 1.165) is 31.5 Å². The SMILES string of the molecule is N#Cc1cc(C2CCNCC2)cnc1N. The summed E-state index contributed by atoms with van der Waals surface area (Å²) in [4.78, 5) is 4.06. The van der Waals surface area contributed by atoms with E-state index in [2.05, 4.69) is 16.4 Å². The van der Waals surface area contributed by atoms with Gasteiger partial charge in [-0.15, -0.1) is 0 Å². The molecule has 3 N–H and O–H groups in total. The fraction of sp³-hybridized carbons (Fsp3) is 0.455. The number of pyridine rings is 1. The van der Waals surface area contributed by atoms with Gasteiger partial charge in [-0.25, -0.2) is 4.98 Å². The average molecular weight is 202 g/mol. The molecule has 0 unspecified atom stereocenters. The number of rotatable bonds is 1. The van der Waals surface area contributed by atoms with Crippen molar-refractivity contribution in [3.63, 3.8) is 0 Å². The van der Waals surface area contributed by atoms with Gasteiger partial charge in [0.2, 0.25) is 0 Å². The molecular formula is C11H14N4. The number of hydrogen-bond donors (Lipinski definition) is 2. The molecule has 2 rings (SSSR count). The largest absolute Gasteiger partial charge is 0.383 e. The van der Waals surface area contributed by atoms with Gasteiger partial charge in [0.05, 0.1) is 5.56 Å². The van der Waals surface area contributed by atoms with Crippen LogP contribution >= 0.6 is 0 Å². The second-order valence-electron chi connectivity index (χ2n) is 3.84. The molecule has 0 amide bonds. The van der Waals surface area contributed by atoms with Gasteiger partial charge in [0.25, 0.3) is 0 Å². The number of nitrogen functional groups attached to an aromatic ring is 1. The lowest BCUT2D eigenvalue weighted by Crippen LogP contribution is -2.26. The Morgan fingerprint density at radius 2 is 2.20 bits per heavy atom. The monoisotopic (exact) mass is 202 g/mol. The van der Waals surface area contributed by atoms with Crippen LogP contribution in [0.3, 0.4) is 0 Å². The van der Waals surface area contributed by atoms with E-state index < -0.39 is 0 Å². The second kappa shape index (κ2) is 4.28. The first kappa shape index (κ1) is 9.94. The standard InChI is InChI=1S/C11H14N4/c12-6-9-5-10(7-15-11(9)13)8-1-3-14-4-2-8/h5,7-8,14H,1-4H2,(H2,13,15). The minimum Gasteiger partial charge on any atom is -0.383 e. The van der Waals surface area contributed by atoms with Crippen molar-refractivity contribution < 1.29 is 0 Å². The van der Waals surface area contributed by atoms with Crippen LogP contribution < -0.4 is 11.1 Å². The lowest BCUT2D eigenvalue weighted by Gasteiger charge is -2.22. The van der Waals surface area contributed by atoms with Crippen LogP contribution in [0.4, 0.5) is 5.82 Å². The molecule has 1 aromatic rings. The van der Waals surface area contributed by atoms with E-state index in [4.69, 9.17) is 11.0 Å². The lowest BCUT2D eigenvalue weighted by molar-refractivity contribution is 0.459. The molecule has 15 heavy (non-hydrogen) atoms. The van der Waals surface area contributed by atoms with Gasteiger partial charge in [0.15, 0.2) is 0 Å². The summed E-state index contributed by atoms with van der Waals surface area (Å²) < 4.78 is 0. The van der Waals surface area contributed by atoms with Crippen molar-refractivity contribution in [2.75, 3.05) is 18.8 Å². The maximum Gasteiger partial charge on any atom is 0.141 e. The summed E-state index contributed by atoms with van der Waals surface area (Å²) >= 11 is 0. The van der Waals surface area contributed by atoms with Crippen molar-refractivity contribution >= 4 is 5.82 Å². The Morgan fingerprint density at radius 1 is 1.47 bits per heavy atom. The van der Waals surface area contributed by atoms with Crippen LogP contribution in [0.25, 0.3) is 0 Å². The fourth-order valence-electron chi connectivity index (χ4n) is 1.96. The Kier molecular flexibility index (Phi) is 2.84. The quantitative estimate of drug-likeness (QED) is 0.712. The minimum absolute atomic E-state index is 0.329. The summed E-state index contributed by atoms with van der Waals surface area (Å²) in [6, 6.07) is 3.94. The van der Waals surface area contributed by atoms with Crippen molar-refractivity contribution in [2.45, 2.75) is 18.8 Å². The van der Waals surface area contributed by atoms with Gasteiger partial charge in [-0.1, -0.05) is 0 Å². The summed E-state index contributed by atoms with van der Waals surface area (Å²) in [7, 11) is 0. The predicted molar refractivity (Wildman–Crippen MR) is 58.2 cm³/mol. The minimum atomic E-state index is 0.329. The van der Waals surface area contributed by atoms with Crippen molar-refractivity contribution in [1.29, 1.82) is 5.26 Å². The summed E-state index contributed by atoms with van der Waals surface area (Å²) in [5.41, 5.74) is 7.22. The van der Waals surface area contributed by atoms with Crippen LogP contribution in [0.5, 0.6) is 0 Å². The van der Waals surface area contributed by atoms with Crippen LogP contribution in [0.15, 0.2) is 12.3 Å². The van der Waals surface area contributed by atoms with Crippen molar-refractivity contribution in [2.24, 2.45) is 0 Å². The number of hydrogen-bond acceptors (Lipinski definition) is 4. The number of aromatic nitrogens is 1. The smallest absolute Gasteiger partial charge is 0.141 e. The molecule has 1 saturated heterocycles. The summed E-state index contributed by atoms with van der Waals surface area (Å²) in [6.45, 7) is 2.08. The Labute approximate surface area is 89.1 Å². The Morgan fingerprint density at radius 3 is 2.87 bits per heavy atom. The highest BCUT2D eigenvalue weighted by atomic mass is 14.9. The molecule has 0 saturated carbocycles. The third-order valence-electron chi connectivity index (χ3n) is 2.87. The van der Waals surface area contributed by atoms with Crippen LogP contribution in [0.2, 0.25) is 0 Å². The third kappa shape index (κ3) is 2.08. The zero-order chi connectivity index (χ0) is 10.7. The number of nitrogens with one attached hydrogen (secondary N) is 1. The van der Waals surface area contributed by atoms with Gasteiger partial charge in [-0.2, -0.15) is 5.26 Å². The number of nitrogens with zero attached hydrogens (tertiary/aromatic N) is 2. The summed E-state index contributed by atoms with van der Waals surface area (Å²) in [6.07, 6.45) is 4.01. The molecule has 1 aliphatic rings. The van der Waals surface area contributed by atoms with Crippen LogP contribution in [-0.4, -0.2) is 18.1 Å². The Bertz CT molecular complexity index is 388. The zero-order valence-corrected chi connectivity index (χ0v) is 8.53. The molecule has 0 atom stereocenters. The van der Waals surface area contributed by atoms with E-state index >= 15 is 0 Å². The first-order valence-electron chi connectivity index (χ1n) is 5.17. The highest BCUT2D eigenvalue weighted by Crippen LogP contribution is 2.26. The number of nitriles is 1. The maximum atomic E-state index is 8.86. The first-order valence-corrected chi connectivity index (χ1v) is 5.17. The molecule has 0 bridgehead atoms. The number of piperidine rings is 1. The van der Waals surface area contributed by atoms with Crippen molar-refractivity contribution in [3.8, 4) is 6.07 Å². The van der Waals surface area contributed by atoms with Crippen molar-refractivity contribution in [3.05, 3.63) is 23.4 Å². The second-order valence-corrected chi connectivity index (χ2v) is 3.84. The van der Waals surface area contributed by atoms with Crippen LogP contribution in [-0.2, 0) is 0 Å². The molecule has 0 spiro atoms. The molecule has 0 radical (unpaired) electrons. The van der Waals surface area contributed by atoms with Gasteiger partial charge in [-0.05, 0) is 43.5 Å². The topological polar surface area (TPSA) is 74.7 Å². The van der Waals surface area contributed by atoms with Crippen LogP contribution in [0.1, 0.15) is 29.9 Å². The Hall–Kier alpha value is -1.60. The molecule has 2 heterocycles. The predicted octanol–water partition coefficient (Wildman–Crippen LogP) is 1.00. The molecule has 4 heteroatoms. The Balaban J connectivity index is 2.25. The van der Waals surface area contributed by atoms with E-state index in [9.17, 15) is 0 Å². The molecule has 1 aromatic heterocycles. The first-order chi connectivity index (χ1) is 7.31. The number of nitrogens with two attached hydrogens (primary N) is 1. The molecule has 4 nitrogen and oxygen atoms in total. The molecule has 0 aliphatic carbocycles. The molecule has 78 valence electrons. The average Bonchev–Trinajstić information content (AvgIpc) is 2.31. The fourth-order valence-corrected chi connectivity index (χ4v) is 1.96. The van der Waals surface area contributed by atoms with E-state index in [0.29, 0.717) is 17.3 Å². The van der Waals surface area contributed by atoms with E-state index in [1.807, 2.05) is 6.07 Å². The van der Waals surface area contributed by atoms with Gasteiger partial charge in [0.1, 0.15) is 11.9 Å². The van der Waals surface area contributed by atoms with E-state index in [1.165, 1.54) is 0 Å². The van der Waals surface area contributed by atoms with Gasteiger partial charge in [0, 0.05) is 6.20 Å². The van der Waals surface area contributed by atoms with Crippen LogP contribution in [0, 0.1) is 11.3 Å². The van der Waals surface area contributed by atoms with Gasteiger partial charge >= 0.3 is 0 Å². The molecular weight excluding hydrogens is 188 g/mol. The van der Waals surface area contributed by atoms with E-state index in [-0.39, 0.29) is 0 Å². The maximum absolute atomic E-state index is 8.86. The molecule has 0 aromatic carbocycles.